The van der Waals surface area contributed by atoms with Crippen molar-refractivity contribution in [1.29, 1.82) is 0 Å². The number of hydrogen-bond donors (Lipinski definition) is 2. The quantitative estimate of drug-likeness (QED) is 0.419. The van der Waals surface area contributed by atoms with Gasteiger partial charge in [0.15, 0.2) is 0 Å². The van der Waals surface area contributed by atoms with E-state index in [0.29, 0.717) is 27.8 Å². The Kier molecular flexibility index (Phi) is 7.94. The van der Waals surface area contributed by atoms with Gasteiger partial charge in [0.25, 0.3) is 5.91 Å². The van der Waals surface area contributed by atoms with Crippen LogP contribution in [0.2, 0.25) is 10.0 Å². The van der Waals surface area contributed by atoms with Gasteiger partial charge in [0.05, 0.1) is 28.9 Å². The number of anilines is 1. The third-order valence-electron chi connectivity index (χ3n) is 5.92. The van der Waals surface area contributed by atoms with Crippen LogP contribution >= 0.6 is 34.5 Å². The Balaban J connectivity index is 1.78. The summed E-state index contributed by atoms with van der Waals surface area (Å²) in [6.45, 7) is 6.10. The van der Waals surface area contributed by atoms with E-state index in [1.54, 1.807) is 32.9 Å². The van der Waals surface area contributed by atoms with Gasteiger partial charge in [-0.15, -0.1) is 11.3 Å². The van der Waals surface area contributed by atoms with Gasteiger partial charge in [-0.3, -0.25) is 9.69 Å². The van der Waals surface area contributed by atoms with E-state index in [-0.39, 0.29) is 27.7 Å². The third-order valence-corrected chi connectivity index (χ3v) is 7.63. The van der Waals surface area contributed by atoms with Gasteiger partial charge in [-0.05, 0) is 50.6 Å². The van der Waals surface area contributed by atoms with Crippen LogP contribution in [-0.4, -0.2) is 47.8 Å². The van der Waals surface area contributed by atoms with Crippen LogP contribution in [0.3, 0.4) is 0 Å². The summed E-state index contributed by atoms with van der Waals surface area (Å²) >= 11 is 13.5. The van der Waals surface area contributed by atoms with Crippen molar-refractivity contribution >= 4 is 58.2 Å². The molecule has 1 saturated heterocycles. The first-order valence-corrected chi connectivity index (χ1v) is 13.3. The molecule has 2 N–H and O–H groups in total. The minimum Gasteiger partial charge on any atom is -0.477 e. The molecule has 2 amide bonds. The molecule has 3 aromatic rings. The van der Waals surface area contributed by atoms with Crippen LogP contribution in [0.4, 0.5) is 10.5 Å². The van der Waals surface area contributed by atoms with Gasteiger partial charge in [-0.25, -0.2) is 9.69 Å². The summed E-state index contributed by atoms with van der Waals surface area (Å²) in [6.07, 6.45) is 0.0712. The van der Waals surface area contributed by atoms with Gasteiger partial charge in [0.1, 0.15) is 17.0 Å². The Labute approximate surface area is 229 Å². The number of halogens is 2. The summed E-state index contributed by atoms with van der Waals surface area (Å²) < 4.78 is 5.55. The summed E-state index contributed by atoms with van der Waals surface area (Å²) in [7, 11) is 0. The first kappa shape index (κ1) is 27.1. The summed E-state index contributed by atoms with van der Waals surface area (Å²) in [5, 5.41) is 10.6. The number of carbonyl (C=O) groups is 3. The third kappa shape index (κ3) is 6.15. The number of nitrogens with one attached hydrogen (secondary N) is 1. The van der Waals surface area contributed by atoms with Crippen molar-refractivity contribution in [3.8, 4) is 10.4 Å². The molecule has 1 aliphatic rings. The second-order valence-corrected chi connectivity index (χ2v) is 11.7. The fourth-order valence-electron chi connectivity index (χ4n) is 4.31. The predicted octanol–water partition coefficient (Wildman–Crippen LogP) is 5.66. The number of benzene rings is 2. The minimum atomic E-state index is -1.14. The van der Waals surface area contributed by atoms with Gasteiger partial charge in [0, 0.05) is 16.3 Å². The number of carboxylic acids is 1. The number of nitrogens with zero attached hydrogens (tertiary/aromatic N) is 1. The molecule has 37 heavy (non-hydrogen) atoms. The lowest BCUT2D eigenvalue weighted by atomic mass is 10.1. The zero-order chi connectivity index (χ0) is 26.9. The van der Waals surface area contributed by atoms with E-state index in [4.69, 9.17) is 27.9 Å². The lowest BCUT2D eigenvalue weighted by Crippen LogP contribution is -3.13. The van der Waals surface area contributed by atoms with Crippen molar-refractivity contribution in [3.63, 3.8) is 0 Å². The van der Waals surface area contributed by atoms with Crippen molar-refractivity contribution in [2.24, 2.45) is 0 Å². The highest BCUT2D eigenvalue weighted by molar-refractivity contribution is 7.18. The molecule has 4 rings (SSSR count). The van der Waals surface area contributed by atoms with E-state index in [9.17, 15) is 19.5 Å². The van der Waals surface area contributed by atoms with Crippen LogP contribution in [0.15, 0.2) is 54.6 Å². The average Bonchev–Trinajstić information content (AvgIpc) is 3.47. The Morgan fingerprint density at radius 1 is 1.08 bits per heavy atom. The highest BCUT2D eigenvalue weighted by Crippen LogP contribution is 2.39. The molecule has 7 nitrogen and oxygen atoms in total. The second-order valence-electron chi connectivity index (χ2n) is 9.80. The predicted molar refractivity (Wildman–Crippen MR) is 145 cm³/mol. The van der Waals surface area contributed by atoms with Crippen molar-refractivity contribution in [2.75, 3.05) is 18.0 Å². The monoisotopic (exact) mass is 561 g/mol. The van der Waals surface area contributed by atoms with Crippen LogP contribution < -0.4 is 9.80 Å². The fraction of sp³-hybridized carbons (Fsp3) is 0.296. The number of amides is 2. The van der Waals surface area contributed by atoms with E-state index in [1.165, 1.54) is 17.0 Å². The number of likely N-dealkylation sites (tertiary alicyclic amines) is 1. The first-order chi connectivity index (χ1) is 17.4. The van der Waals surface area contributed by atoms with Crippen molar-refractivity contribution in [1.82, 2.24) is 0 Å². The maximum Gasteiger partial charge on any atom is 0.514 e. The standard InChI is InChI=1S/C27H26Cl2N2O5S/c1-27(2,3)36-26(35)30-12-11-18(15-30)31(24(32)19-10-9-17(28)13-20(19)29)21-14-22(37-23(21)25(33)34)16-7-5-4-6-8-16/h4-10,13-14,18H,11-12,15H2,1-3H3,(H,33,34)/p+1. The number of thiophene rings is 1. The zero-order valence-electron chi connectivity index (χ0n) is 20.6. The molecule has 1 fully saturated rings. The molecule has 2 unspecified atom stereocenters. The van der Waals surface area contributed by atoms with E-state index in [0.717, 1.165) is 16.9 Å². The molecule has 0 bridgehead atoms. The summed E-state index contributed by atoms with van der Waals surface area (Å²) in [5.41, 5.74) is 0.650. The van der Waals surface area contributed by atoms with Crippen molar-refractivity contribution < 1.29 is 29.1 Å². The maximum atomic E-state index is 14.0. The summed E-state index contributed by atoms with van der Waals surface area (Å²) in [4.78, 5) is 41.9. The van der Waals surface area contributed by atoms with E-state index in [1.807, 2.05) is 30.3 Å². The molecule has 2 aromatic carbocycles. The number of ether oxygens (including phenoxy) is 1. The Hall–Kier alpha value is -2.91. The lowest BCUT2D eigenvalue weighted by molar-refractivity contribution is -0.811. The molecule has 194 valence electrons. The molecule has 1 aromatic heterocycles. The number of carbonyl (C=O) groups excluding carboxylic acids is 2. The van der Waals surface area contributed by atoms with Crippen LogP contribution in [0.25, 0.3) is 10.4 Å². The Morgan fingerprint density at radius 3 is 2.41 bits per heavy atom. The van der Waals surface area contributed by atoms with Crippen LogP contribution in [-0.2, 0) is 4.74 Å². The molecule has 0 spiro atoms. The average molecular weight is 562 g/mol. The number of carboxylic acid groups (broad SMARTS) is 1. The molecular formula is C27H27Cl2N2O5S+. The summed E-state index contributed by atoms with van der Waals surface area (Å²) in [5.74, 6) is -1.60. The molecule has 2 heterocycles. The van der Waals surface area contributed by atoms with Gasteiger partial charge in [-0.1, -0.05) is 53.5 Å². The minimum absolute atomic E-state index is 0.0306. The maximum absolute atomic E-state index is 14.0. The topological polar surface area (TPSA) is 88.4 Å². The molecule has 0 saturated carbocycles. The van der Waals surface area contributed by atoms with Crippen molar-refractivity contribution in [2.45, 2.75) is 38.8 Å². The number of alkyl carbamates (subject to hydrolysis) is 2. The molecule has 0 aliphatic carbocycles. The highest BCUT2D eigenvalue weighted by Gasteiger charge is 2.42. The van der Waals surface area contributed by atoms with Gasteiger partial charge in [-0.2, -0.15) is 4.79 Å². The normalized spacial score (nSPS) is 17.4. The number of hydrogen-bond acceptors (Lipinski definition) is 5. The van der Waals surface area contributed by atoms with Crippen molar-refractivity contribution in [3.05, 3.63) is 75.1 Å². The molecule has 2 atom stereocenters. The number of aromatic carboxylic acids is 1. The number of quaternary nitrogens is 1. The first-order valence-electron chi connectivity index (χ1n) is 11.7. The molecule has 1 aliphatic heterocycles. The SMILES string of the molecule is CC(C)(C)OC(=O)[NH+]1CCC(N(C(=O)c2ccc(Cl)cc2Cl)c2cc(-c3ccccc3)sc2C(=O)O)C1. The van der Waals surface area contributed by atoms with Crippen LogP contribution in [0, 0.1) is 0 Å². The van der Waals surface area contributed by atoms with Crippen LogP contribution in [0.1, 0.15) is 47.2 Å². The smallest absolute Gasteiger partial charge is 0.477 e. The zero-order valence-corrected chi connectivity index (χ0v) is 22.9. The van der Waals surface area contributed by atoms with E-state index >= 15 is 0 Å². The Morgan fingerprint density at radius 2 is 1.78 bits per heavy atom. The molecule has 10 heteroatoms. The van der Waals surface area contributed by atoms with Gasteiger partial charge in [0.2, 0.25) is 0 Å². The highest BCUT2D eigenvalue weighted by atomic mass is 35.5. The van der Waals surface area contributed by atoms with Gasteiger partial charge >= 0.3 is 12.1 Å². The Bertz CT molecular complexity index is 1340. The largest absolute Gasteiger partial charge is 0.514 e. The molecular weight excluding hydrogens is 535 g/mol. The van der Waals surface area contributed by atoms with E-state index < -0.39 is 29.6 Å². The lowest BCUT2D eigenvalue weighted by Gasteiger charge is -2.28. The van der Waals surface area contributed by atoms with E-state index in [2.05, 4.69) is 0 Å². The number of rotatable bonds is 5. The van der Waals surface area contributed by atoms with Crippen LogP contribution in [0.5, 0.6) is 0 Å². The molecule has 0 radical (unpaired) electrons. The summed E-state index contributed by atoms with van der Waals surface area (Å²) in [6, 6.07) is 15.2. The second kappa shape index (κ2) is 10.8. The van der Waals surface area contributed by atoms with Gasteiger partial charge < -0.3 is 9.84 Å². The fourth-order valence-corrected chi connectivity index (χ4v) is 5.79.